The number of aliphatic hydroxyl groups excluding tert-OH is 1. The van der Waals surface area contributed by atoms with Gasteiger partial charge in [-0.1, -0.05) is 29.3 Å². The number of benzene rings is 1. The molecule has 3 aliphatic rings. The SMILES string of the molecule is O=C1Nc2cc(Cl)ccc2[C@@]12[C@@H](c1ccnc(Cl)c1F)[C@H]([N+](=O)[O-])[C@H](CO)N2CC1CC1. The van der Waals surface area contributed by atoms with Crippen LogP contribution in [-0.2, 0) is 10.3 Å². The molecule has 1 aromatic heterocycles. The summed E-state index contributed by atoms with van der Waals surface area (Å²) in [6, 6.07) is 3.66. The standard InChI is InChI=1S/C21H19Cl2FN4O4/c22-11-3-4-13-14(7-11)26-20(30)21(13)16(12-5-6-25-19(23)17(12)24)18(28(31)32)15(9-29)27(21)8-10-1-2-10/h3-7,10,15-16,18,29H,1-2,8-9H2,(H,26,30)/t15-,16-,18+,21+/m0/s1. The molecule has 3 heterocycles. The third-order valence-electron chi connectivity index (χ3n) is 6.82. The van der Waals surface area contributed by atoms with Crippen LogP contribution in [0.1, 0.15) is 29.9 Å². The molecule has 1 spiro atoms. The highest BCUT2D eigenvalue weighted by atomic mass is 35.5. The van der Waals surface area contributed by atoms with E-state index >= 15 is 4.39 Å². The van der Waals surface area contributed by atoms with Gasteiger partial charge < -0.3 is 10.4 Å². The maximum Gasteiger partial charge on any atom is 0.250 e. The van der Waals surface area contributed by atoms with Crippen LogP contribution < -0.4 is 5.32 Å². The zero-order chi connectivity index (χ0) is 22.8. The van der Waals surface area contributed by atoms with Gasteiger partial charge in [-0.05, 0) is 37.0 Å². The number of hydrogen-bond donors (Lipinski definition) is 2. The monoisotopic (exact) mass is 480 g/mol. The highest BCUT2D eigenvalue weighted by Gasteiger charge is 2.71. The van der Waals surface area contributed by atoms with Crippen LogP contribution in [0, 0.1) is 21.8 Å². The Hall–Kier alpha value is -2.33. The summed E-state index contributed by atoms with van der Waals surface area (Å²) < 4.78 is 15.3. The maximum atomic E-state index is 15.3. The first-order valence-corrected chi connectivity index (χ1v) is 11.0. The Balaban J connectivity index is 1.83. The molecular weight excluding hydrogens is 462 g/mol. The Labute approximate surface area is 192 Å². The van der Waals surface area contributed by atoms with Crippen molar-refractivity contribution < 1.29 is 19.2 Å². The molecule has 8 nitrogen and oxygen atoms in total. The van der Waals surface area contributed by atoms with Crippen LogP contribution >= 0.6 is 23.2 Å². The maximum absolute atomic E-state index is 15.3. The summed E-state index contributed by atoms with van der Waals surface area (Å²) in [7, 11) is 0. The van der Waals surface area contributed by atoms with E-state index in [-0.39, 0.29) is 11.5 Å². The lowest BCUT2D eigenvalue weighted by molar-refractivity contribution is -0.528. The average molecular weight is 481 g/mol. The van der Waals surface area contributed by atoms with Crippen molar-refractivity contribution in [2.24, 2.45) is 5.92 Å². The number of nitro groups is 1. The van der Waals surface area contributed by atoms with Gasteiger partial charge in [0, 0.05) is 39.5 Å². The fourth-order valence-electron chi connectivity index (χ4n) is 5.39. The number of aliphatic hydroxyl groups is 1. The van der Waals surface area contributed by atoms with Crippen molar-refractivity contribution in [3.8, 4) is 0 Å². The van der Waals surface area contributed by atoms with Crippen LogP contribution in [0.15, 0.2) is 30.5 Å². The molecule has 1 amide bonds. The molecule has 4 atom stereocenters. The molecule has 2 N–H and O–H groups in total. The van der Waals surface area contributed by atoms with Gasteiger partial charge >= 0.3 is 0 Å². The van der Waals surface area contributed by atoms with Crippen LogP contribution in [0.3, 0.4) is 0 Å². The van der Waals surface area contributed by atoms with Crippen molar-refractivity contribution in [2.45, 2.75) is 36.4 Å². The Kier molecular flexibility index (Phi) is 5.12. The molecule has 0 bridgehead atoms. The van der Waals surface area contributed by atoms with Crippen molar-refractivity contribution in [1.82, 2.24) is 9.88 Å². The zero-order valence-corrected chi connectivity index (χ0v) is 18.2. The molecule has 32 heavy (non-hydrogen) atoms. The number of halogens is 3. The Morgan fingerprint density at radius 1 is 1.34 bits per heavy atom. The minimum Gasteiger partial charge on any atom is -0.394 e. The van der Waals surface area contributed by atoms with Gasteiger partial charge in [0.2, 0.25) is 6.04 Å². The number of rotatable bonds is 5. The van der Waals surface area contributed by atoms with E-state index in [9.17, 15) is 20.0 Å². The Morgan fingerprint density at radius 3 is 2.75 bits per heavy atom. The number of pyridine rings is 1. The zero-order valence-electron chi connectivity index (χ0n) is 16.7. The first kappa shape index (κ1) is 21.5. The fraction of sp³-hybridized carbons (Fsp3) is 0.429. The lowest BCUT2D eigenvalue weighted by Crippen LogP contribution is -2.53. The van der Waals surface area contributed by atoms with E-state index in [0.29, 0.717) is 22.8 Å². The average Bonchev–Trinajstić information content (AvgIpc) is 3.45. The first-order chi connectivity index (χ1) is 15.3. The second-order valence-electron chi connectivity index (χ2n) is 8.51. The lowest BCUT2D eigenvalue weighted by Gasteiger charge is -2.38. The molecule has 1 aromatic carbocycles. The minimum absolute atomic E-state index is 0.0820. The largest absolute Gasteiger partial charge is 0.394 e. The van der Waals surface area contributed by atoms with E-state index in [0.717, 1.165) is 12.8 Å². The van der Waals surface area contributed by atoms with E-state index in [1.54, 1.807) is 23.1 Å². The van der Waals surface area contributed by atoms with Gasteiger partial charge in [-0.25, -0.2) is 9.37 Å². The van der Waals surface area contributed by atoms with Crippen LogP contribution in [0.4, 0.5) is 10.1 Å². The number of amides is 1. The van der Waals surface area contributed by atoms with Crippen LogP contribution in [0.2, 0.25) is 10.2 Å². The molecule has 5 rings (SSSR count). The van der Waals surface area contributed by atoms with Gasteiger partial charge in [0.15, 0.2) is 11.0 Å². The number of anilines is 1. The van der Waals surface area contributed by atoms with Gasteiger partial charge in [0.05, 0.1) is 12.5 Å². The van der Waals surface area contributed by atoms with Gasteiger partial charge in [-0.3, -0.25) is 19.8 Å². The smallest absolute Gasteiger partial charge is 0.250 e. The number of nitrogens with one attached hydrogen (secondary N) is 1. The van der Waals surface area contributed by atoms with E-state index < -0.39 is 51.9 Å². The number of carbonyl (C=O) groups is 1. The third-order valence-corrected chi connectivity index (χ3v) is 7.32. The summed E-state index contributed by atoms with van der Waals surface area (Å²) in [5.74, 6) is -2.44. The number of fused-ring (bicyclic) bond motifs is 2. The van der Waals surface area contributed by atoms with Crippen LogP contribution in [0.25, 0.3) is 0 Å². The molecule has 1 aliphatic carbocycles. The Morgan fingerprint density at radius 2 is 2.09 bits per heavy atom. The highest BCUT2D eigenvalue weighted by molar-refractivity contribution is 6.31. The van der Waals surface area contributed by atoms with Crippen molar-refractivity contribution in [1.29, 1.82) is 0 Å². The number of carbonyl (C=O) groups excluding carboxylic acids is 1. The molecule has 11 heteroatoms. The minimum atomic E-state index is -1.61. The van der Waals surface area contributed by atoms with Gasteiger partial charge in [0.1, 0.15) is 11.6 Å². The third kappa shape index (κ3) is 2.95. The van der Waals surface area contributed by atoms with Crippen LogP contribution in [0.5, 0.6) is 0 Å². The van der Waals surface area contributed by atoms with E-state index in [2.05, 4.69) is 10.3 Å². The Bertz CT molecular complexity index is 1130. The molecule has 2 fully saturated rings. The predicted molar refractivity (Wildman–Crippen MR) is 115 cm³/mol. The summed E-state index contributed by atoms with van der Waals surface area (Å²) in [6.07, 6.45) is 3.10. The first-order valence-electron chi connectivity index (χ1n) is 10.2. The normalized spacial score (nSPS) is 29.4. The molecule has 2 aliphatic heterocycles. The summed E-state index contributed by atoms with van der Waals surface area (Å²) >= 11 is 12.1. The predicted octanol–water partition coefficient (Wildman–Crippen LogP) is 3.19. The topological polar surface area (TPSA) is 109 Å². The molecule has 2 aromatic rings. The number of nitrogens with zero attached hydrogens (tertiary/aromatic N) is 3. The van der Waals surface area contributed by atoms with Gasteiger partial charge in [0.25, 0.3) is 5.91 Å². The molecular formula is C21H19Cl2FN4O4. The molecule has 1 saturated carbocycles. The fourth-order valence-corrected chi connectivity index (χ4v) is 5.73. The van der Waals surface area contributed by atoms with Crippen molar-refractivity contribution in [2.75, 3.05) is 18.5 Å². The molecule has 1 saturated heterocycles. The number of aromatic nitrogens is 1. The highest BCUT2D eigenvalue weighted by Crippen LogP contribution is 2.59. The van der Waals surface area contributed by atoms with E-state index in [4.69, 9.17) is 23.2 Å². The van der Waals surface area contributed by atoms with Crippen LogP contribution in [-0.4, -0.2) is 51.1 Å². The summed E-state index contributed by atoms with van der Waals surface area (Å²) in [4.78, 5) is 31.0. The second kappa shape index (κ2) is 7.62. The number of likely N-dealkylation sites (tertiary alicyclic amines) is 1. The van der Waals surface area contributed by atoms with Gasteiger partial charge in [-0.15, -0.1) is 0 Å². The quantitative estimate of drug-likeness (QED) is 0.386. The summed E-state index contributed by atoms with van der Waals surface area (Å²) in [5.41, 5.74) is -0.817. The van der Waals surface area contributed by atoms with Crippen molar-refractivity contribution in [3.63, 3.8) is 0 Å². The summed E-state index contributed by atoms with van der Waals surface area (Å²) in [6.45, 7) is -0.199. The number of hydrogen-bond acceptors (Lipinski definition) is 6. The lowest BCUT2D eigenvalue weighted by atomic mass is 9.74. The molecule has 0 unspecified atom stereocenters. The van der Waals surface area contributed by atoms with Crippen molar-refractivity contribution >= 4 is 34.8 Å². The summed E-state index contributed by atoms with van der Waals surface area (Å²) in [5, 5.41) is 25.4. The second-order valence-corrected chi connectivity index (χ2v) is 9.31. The molecule has 0 radical (unpaired) electrons. The molecule has 168 valence electrons. The van der Waals surface area contributed by atoms with E-state index in [1.807, 2.05) is 0 Å². The van der Waals surface area contributed by atoms with Gasteiger partial charge in [-0.2, -0.15) is 0 Å². The van der Waals surface area contributed by atoms with Crippen molar-refractivity contribution in [3.05, 3.63) is 67.7 Å². The van der Waals surface area contributed by atoms with E-state index in [1.165, 1.54) is 12.3 Å².